The first-order valence-corrected chi connectivity index (χ1v) is 23.6. The minimum absolute atomic E-state index is 0.0632. The average Bonchev–Trinajstić information content (AvgIpc) is 3.30. The fourth-order valence-electron chi connectivity index (χ4n) is 7.32. The lowest BCUT2D eigenvalue weighted by Gasteiger charge is -2.28. The molecule has 11 atom stereocenters. The highest BCUT2D eigenvalue weighted by atomic mass is 16.3. The molecule has 0 spiro atoms. The first kappa shape index (κ1) is 60.6. The summed E-state index contributed by atoms with van der Waals surface area (Å²) in [6.45, 7) is 5.04. The Bertz CT molecular complexity index is 1970. The third-order valence-corrected chi connectivity index (χ3v) is 11.1. The van der Waals surface area contributed by atoms with E-state index < -0.39 is 139 Å². The predicted octanol–water partition coefficient (Wildman–Crippen LogP) is -7.53. The van der Waals surface area contributed by atoms with Crippen molar-refractivity contribution in [3.05, 3.63) is 35.9 Å². The first-order chi connectivity index (χ1) is 33.6. The molecule has 71 heavy (non-hydrogen) atoms. The highest BCUT2D eigenvalue weighted by Gasteiger charge is 2.36. The highest BCUT2D eigenvalue weighted by Crippen LogP contribution is 2.11. The van der Waals surface area contributed by atoms with Crippen LogP contribution in [0.25, 0.3) is 0 Å². The molecule has 1 aliphatic rings. The van der Waals surface area contributed by atoms with Crippen LogP contribution in [0.15, 0.2) is 35.3 Å². The second kappa shape index (κ2) is 31.0. The Labute approximate surface area is 412 Å². The number of nitrogens with zero attached hydrogens (tertiary/aromatic N) is 1. The van der Waals surface area contributed by atoms with Gasteiger partial charge in [-0.25, -0.2) is 4.99 Å². The Balaban J connectivity index is 2.76. The summed E-state index contributed by atoms with van der Waals surface area (Å²) in [5, 5.41) is 43.7. The van der Waals surface area contributed by atoms with E-state index in [1.165, 1.54) is 13.8 Å². The quantitative estimate of drug-likeness (QED) is 0.0452. The fraction of sp³-hybridized carbons (Fsp3) is 0.636. The van der Waals surface area contributed by atoms with E-state index in [0.29, 0.717) is 5.56 Å². The van der Waals surface area contributed by atoms with Gasteiger partial charge in [-0.05, 0) is 90.0 Å². The second-order valence-corrected chi connectivity index (χ2v) is 17.6. The average molecular weight is 1010 g/mol. The van der Waals surface area contributed by atoms with Crippen LogP contribution in [0, 0.1) is 5.92 Å². The third kappa shape index (κ3) is 20.8. The van der Waals surface area contributed by atoms with Crippen LogP contribution >= 0.6 is 0 Å². The molecule has 1 aromatic rings. The Morgan fingerprint density at radius 2 is 1.13 bits per heavy atom. The van der Waals surface area contributed by atoms with Crippen LogP contribution in [-0.4, -0.2) is 169 Å². The zero-order valence-electron chi connectivity index (χ0n) is 40.8. The molecule has 0 aliphatic carbocycles. The molecule has 27 nitrogen and oxygen atoms in total. The van der Waals surface area contributed by atoms with Gasteiger partial charge in [-0.3, -0.25) is 43.2 Å². The molecule has 1 aromatic carbocycles. The molecule has 23 N–H and O–H groups in total. The number of hydrogen-bond donors (Lipinski definition) is 17. The van der Waals surface area contributed by atoms with E-state index in [9.17, 15) is 53.4 Å². The SMILES string of the molecule is CC(C)C[C@@H]1NC(=O)[C@@H](Cc2ccccc2)NC(=O)[C@H](CCN)NC(=O)[C@@H](NC(=O)[C@H](CCN)NC(=O)[C@@H](N=C(N)N)[C@@H](C)O)CCNC(=O)[C@H]([C@@H](C)O)NC(=O)[C@H](CCN)NC(=O)[C@H](CCN)NC1=O. The van der Waals surface area contributed by atoms with Crippen molar-refractivity contribution in [3.63, 3.8) is 0 Å². The van der Waals surface area contributed by atoms with Crippen molar-refractivity contribution in [3.8, 4) is 0 Å². The van der Waals surface area contributed by atoms with Gasteiger partial charge < -0.3 is 92.5 Å². The number of benzene rings is 1. The van der Waals surface area contributed by atoms with Crippen LogP contribution < -0.4 is 82.3 Å². The highest BCUT2D eigenvalue weighted by molar-refractivity contribution is 5.98. The lowest BCUT2D eigenvalue weighted by molar-refractivity contribution is -0.136. The van der Waals surface area contributed by atoms with Gasteiger partial charge in [-0.2, -0.15) is 0 Å². The molecule has 0 unspecified atom stereocenters. The number of rotatable bonds is 19. The molecule has 1 fully saturated rings. The van der Waals surface area contributed by atoms with Crippen LogP contribution in [-0.2, 0) is 49.6 Å². The molecule has 0 aromatic heterocycles. The summed E-state index contributed by atoms with van der Waals surface area (Å²) in [5.41, 5.74) is 34.8. The summed E-state index contributed by atoms with van der Waals surface area (Å²) in [6, 6.07) is -4.51. The van der Waals surface area contributed by atoms with Gasteiger partial charge in [-0.15, -0.1) is 0 Å². The van der Waals surface area contributed by atoms with E-state index in [2.05, 4.69) is 52.8 Å². The van der Waals surface area contributed by atoms with Crippen molar-refractivity contribution in [1.29, 1.82) is 0 Å². The summed E-state index contributed by atoms with van der Waals surface area (Å²) in [4.78, 5) is 129. The van der Waals surface area contributed by atoms with E-state index in [4.69, 9.17) is 34.4 Å². The number of aliphatic hydroxyl groups excluding tert-OH is 2. The molecule has 1 saturated heterocycles. The molecule has 0 saturated carbocycles. The van der Waals surface area contributed by atoms with Gasteiger partial charge in [0.25, 0.3) is 0 Å². The van der Waals surface area contributed by atoms with Crippen molar-refractivity contribution in [2.75, 3.05) is 32.7 Å². The Kier molecular flexibility index (Phi) is 26.4. The van der Waals surface area contributed by atoms with Gasteiger partial charge in [0.2, 0.25) is 53.2 Å². The van der Waals surface area contributed by atoms with Crippen molar-refractivity contribution < 1.29 is 53.4 Å². The number of carbonyl (C=O) groups is 9. The second-order valence-electron chi connectivity index (χ2n) is 17.6. The van der Waals surface area contributed by atoms with Crippen molar-refractivity contribution in [2.24, 2.45) is 45.3 Å². The van der Waals surface area contributed by atoms with E-state index >= 15 is 0 Å². The molecule has 27 heteroatoms. The number of nitrogens with one attached hydrogen (secondary N) is 9. The van der Waals surface area contributed by atoms with Crippen LogP contribution in [0.5, 0.6) is 0 Å². The molecule has 398 valence electrons. The van der Waals surface area contributed by atoms with Crippen LogP contribution in [0.1, 0.15) is 71.8 Å². The summed E-state index contributed by atoms with van der Waals surface area (Å²) in [7, 11) is 0. The molecule has 2 rings (SSSR count). The molecule has 9 amide bonds. The maximum atomic E-state index is 14.3. The monoisotopic (exact) mass is 1000 g/mol. The van der Waals surface area contributed by atoms with Crippen molar-refractivity contribution in [1.82, 2.24) is 47.9 Å². The topological polar surface area (TPSA) is 471 Å². The lowest BCUT2D eigenvalue weighted by Crippen LogP contribution is -2.61. The van der Waals surface area contributed by atoms with Crippen molar-refractivity contribution >= 4 is 59.1 Å². The van der Waals surface area contributed by atoms with Gasteiger partial charge in [0.1, 0.15) is 48.3 Å². The molecule has 0 radical (unpaired) electrons. The zero-order chi connectivity index (χ0) is 53.4. The summed E-state index contributed by atoms with van der Waals surface area (Å²) in [5.74, 6) is -8.90. The zero-order valence-corrected chi connectivity index (χ0v) is 40.8. The van der Waals surface area contributed by atoms with Crippen LogP contribution in [0.4, 0.5) is 0 Å². The minimum atomic E-state index is -1.65. The number of hydrogen-bond acceptors (Lipinski definition) is 16. The Morgan fingerprint density at radius 1 is 0.648 bits per heavy atom. The van der Waals surface area contributed by atoms with E-state index in [-0.39, 0.29) is 70.6 Å². The predicted molar refractivity (Wildman–Crippen MR) is 260 cm³/mol. The number of guanidine groups is 1. The summed E-state index contributed by atoms with van der Waals surface area (Å²) >= 11 is 0. The maximum Gasteiger partial charge on any atom is 0.248 e. The van der Waals surface area contributed by atoms with E-state index in [0.717, 1.165) is 0 Å². The number of nitrogens with two attached hydrogens (primary N) is 6. The summed E-state index contributed by atoms with van der Waals surface area (Å²) < 4.78 is 0. The van der Waals surface area contributed by atoms with Gasteiger partial charge in [0.15, 0.2) is 12.0 Å². The van der Waals surface area contributed by atoms with Gasteiger partial charge >= 0.3 is 0 Å². The van der Waals surface area contributed by atoms with Crippen molar-refractivity contribution in [2.45, 2.75) is 139 Å². The van der Waals surface area contributed by atoms with Gasteiger partial charge in [-0.1, -0.05) is 44.2 Å². The Hall–Kier alpha value is -6.52. The number of carbonyl (C=O) groups excluding carboxylic acids is 9. The maximum absolute atomic E-state index is 14.3. The molecule has 1 heterocycles. The molecule has 1 aliphatic heterocycles. The van der Waals surface area contributed by atoms with Gasteiger partial charge in [0, 0.05) is 13.0 Å². The smallest absolute Gasteiger partial charge is 0.248 e. The largest absolute Gasteiger partial charge is 0.391 e. The van der Waals surface area contributed by atoms with E-state index in [1.54, 1.807) is 44.2 Å². The lowest BCUT2D eigenvalue weighted by atomic mass is 10.00. The first-order valence-electron chi connectivity index (χ1n) is 23.6. The van der Waals surface area contributed by atoms with Gasteiger partial charge in [0.05, 0.1) is 12.2 Å². The minimum Gasteiger partial charge on any atom is -0.391 e. The standard InChI is InChI=1S/C44H76N16O11/c1-22(2)20-31-40(68)54-26(10-15-45)35(63)53-29(13-18-48)39(67)59-33(23(3)61)42(70)51-19-14-30(55-36(64)28(12-17-47)56-43(71)34(24(4)62)60-44(49)50)38(66)52-27(11-16-46)37(65)58-32(41(69)57-31)21-25-8-6-5-7-9-25/h5-9,22-24,26-34,61-62H,10-21,45-48H2,1-4H3,(H,51,70)(H,52,66)(H,53,63)(H,54,68)(H,55,64)(H,56,71)(H,57,69)(H,58,65)(H,59,67)(H4,49,50,60)/t23-,24-,26+,27+,28+,29+,30+,31+,32-,33+,34+/m1/s1. The van der Waals surface area contributed by atoms with Crippen LogP contribution in [0.3, 0.4) is 0 Å². The molecule has 0 bridgehead atoms. The van der Waals surface area contributed by atoms with Crippen LogP contribution in [0.2, 0.25) is 0 Å². The molecular formula is C44H76N16O11. The normalized spacial score (nSPS) is 24.2. The Morgan fingerprint density at radius 3 is 1.61 bits per heavy atom. The number of aliphatic imine (C=N–C) groups is 1. The van der Waals surface area contributed by atoms with E-state index in [1.807, 2.05) is 0 Å². The third-order valence-electron chi connectivity index (χ3n) is 11.1. The molecular weight excluding hydrogens is 929 g/mol. The number of amides is 9. The summed E-state index contributed by atoms with van der Waals surface area (Å²) in [6.07, 6.45) is -4.07. The number of aliphatic hydroxyl groups is 2. The fourth-order valence-corrected chi connectivity index (χ4v) is 7.32.